The number of carbonyl (C=O) groups is 1. The standard InChI is InChI=1S/C18H22N2O3S/c21-18(19-13-8-9-24(22,23)11-13)12-6-7-17-15(10-12)14-4-2-1-3-5-16(14)20-17/h6-7,10,13,20H,1-5,8-9,11H2,(H,19,21). The van der Waals surface area contributed by atoms with Crippen molar-refractivity contribution in [3.05, 3.63) is 35.0 Å². The topological polar surface area (TPSA) is 79.0 Å². The molecule has 5 nitrogen and oxygen atoms in total. The summed E-state index contributed by atoms with van der Waals surface area (Å²) in [4.78, 5) is 16.0. The van der Waals surface area contributed by atoms with E-state index in [4.69, 9.17) is 0 Å². The Morgan fingerprint density at radius 3 is 2.79 bits per heavy atom. The third-order valence-electron chi connectivity index (χ3n) is 5.18. The van der Waals surface area contributed by atoms with Gasteiger partial charge in [-0.3, -0.25) is 4.79 Å². The maximum absolute atomic E-state index is 12.5. The zero-order valence-corrected chi connectivity index (χ0v) is 14.4. The minimum atomic E-state index is -2.98. The summed E-state index contributed by atoms with van der Waals surface area (Å²) in [5.74, 6) is 0.0469. The van der Waals surface area contributed by atoms with Crippen molar-refractivity contribution in [2.45, 2.75) is 44.6 Å². The predicted molar refractivity (Wildman–Crippen MR) is 94.1 cm³/mol. The van der Waals surface area contributed by atoms with Crippen molar-refractivity contribution < 1.29 is 13.2 Å². The average Bonchev–Trinajstić information content (AvgIpc) is 2.96. The molecule has 1 aliphatic heterocycles. The number of aryl methyl sites for hydroxylation is 2. The lowest BCUT2D eigenvalue weighted by Gasteiger charge is -2.11. The Bertz CT molecular complexity index is 898. The lowest BCUT2D eigenvalue weighted by atomic mass is 10.0. The third kappa shape index (κ3) is 2.95. The van der Waals surface area contributed by atoms with Gasteiger partial charge in [-0.05, 0) is 55.9 Å². The van der Waals surface area contributed by atoms with Crippen molar-refractivity contribution in [1.29, 1.82) is 0 Å². The summed E-state index contributed by atoms with van der Waals surface area (Å²) in [6.45, 7) is 0. The summed E-state index contributed by atoms with van der Waals surface area (Å²) in [5, 5.41) is 4.01. The molecule has 0 spiro atoms. The van der Waals surface area contributed by atoms with E-state index in [2.05, 4.69) is 10.3 Å². The van der Waals surface area contributed by atoms with E-state index >= 15 is 0 Å². The van der Waals surface area contributed by atoms with E-state index in [0.29, 0.717) is 12.0 Å². The van der Waals surface area contributed by atoms with Gasteiger partial charge in [-0.2, -0.15) is 0 Å². The van der Waals surface area contributed by atoms with Crippen molar-refractivity contribution in [3.8, 4) is 0 Å². The molecule has 1 unspecified atom stereocenters. The number of aromatic nitrogens is 1. The lowest BCUT2D eigenvalue weighted by molar-refractivity contribution is 0.0941. The molecule has 1 atom stereocenters. The number of sulfone groups is 1. The molecular formula is C18H22N2O3S. The van der Waals surface area contributed by atoms with Crippen molar-refractivity contribution in [3.63, 3.8) is 0 Å². The Labute approximate surface area is 141 Å². The van der Waals surface area contributed by atoms with Crippen molar-refractivity contribution >= 4 is 26.6 Å². The van der Waals surface area contributed by atoms with Crippen LogP contribution in [0.15, 0.2) is 18.2 Å². The summed E-state index contributed by atoms with van der Waals surface area (Å²) < 4.78 is 23.1. The van der Waals surface area contributed by atoms with Crippen LogP contribution in [-0.2, 0) is 22.7 Å². The van der Waals surface area contributed by atoms with Crippen LogP contribution in [0, 0.1) is 0 Å². The number of fused-ring (bicyclic) bond motifs is 3. The van der Waals surface area contributed by atoms with Gasteiger partial charge in [0.2, 0.25) is 0 Å². The number of benzene rings is 1. The number of H-pyrrole nitrogens is 1. The second-order valence-corrected chi connectivity index (χ2v) is 9.21. The Hall–Kier alpha value is -1.82. The molecule has 2 N–H and O–H groups in total. The Kier molecular flexibility index (Phi) is 3.87. The van der Waals surface area contributed by atoms with Crippen LogP contribution in [0.5, 0.6) is 0 Å². The highest BCUT2D eigenvalue weighted by Crippen LogP contribution is 2.29. The number of carbonyl (C=O) groups excluding carboxylic acids is 1. The van der Waals surface area contributed by atoms with E-state index in [9.17, 15) is 13.2 Å². The quantitative estimate of drug-likeness (QED) is 0.819. The molecule has 2 aromatic rings. The van der Waals surface area contributed by atoms with Gasteiger partial charge in [-0.15, -0.1) is 0 Å². The van der Waals surface area contributed by atoms with Crippen LogP contribution in [0.2, 0.25) is 0 Å². The molecule has 1 aromatic heterocycles. The van der Waals surface area contributed by atoms with Gasteiger partial charge in [0.15, 0.2) is 9.84 Å². The maximum atomic E-state index is 12.5. The highest BCUT2D eigenvalue weighted by atomic mass is 32.2. The first-order chi connectivity index (χ1) is 11.5. The van der Waals surface area contributed by atoms with Gasteiger partial charge in [0.25, 0.3) is 5.91 Å². The molecule has 2 aliphatic rings. The number of hydrogen-bond acceptors (Lipinski definition) is 3. The van der Waals surface area contributed by atoms with E-state index in [0.717, 1.165) is 23.7 Å². The first kappa shape index (κ1) is 15.7. The molecule has 0 bridgehead atoms. The van der Waals surface area contributed by atoms with Gasteiger partial charge in [0.05, 0.1) is 11.5 Å². The summed E-state index contributed by atoms with van der Waals surface area (Å²) in [6, 6.07) is 5.47. The highest BCUT2D eigenvalue weighted by Gasteiger charge is 2.29. The molecule has 1 amide bonds. The molecule has 0 saturated carbocycles. The van der Waals surface area contributed by atoms with Gasteiger partial charge < -0.3 is 10.3 Å². The highest BCUT2D eigenvalue weighted by molar-refractivity contribution is 7.91. The predicted octanol–water partition coefficient (Wildman–Crippen LogP) is 2.35. The molecule has 1 fully saturated rings. The largest absolute Gasteiger partial charge is 0.358 e. The maximum Gasteiger partial charge on any atom is 0.251 e. The van der Waals surface area contributed by atoms with Crippen molar-refractivity contribution in [1.82, 2.24) is 10.3 Å². The van der Waals surface area contributed by atoms with Crippen LogP contribution >= 0.6 is 0 Å². The van der Waals surface area contributed by atoms with Crippen molar-refractivity contribution in [2.75, 3.05) is 11.5 Å². The van der Waals surface area contributed by atoms with Gasteiger partial charge in [-0.1, -0.05) is 6.42 Å². The average molecular weight is 346 g/mol. The van der Waals surface area contributed by atoms with Crippen LogP contribution < -0.4 is 5.32 Å². The number of nitrogens with one attached hydrogen (secondary N) is 2. The van der Waals surface area contributed by atoms with E-state index in [-0.39, 0.29) is 23.5 Å². The van der Waals surface area contributed by atoms with Crippen LogP contribution in [0.4, 0.5) is 0 Å². The smallest absolute Gasteiger partial charge is 0.251 e. The van der Waals surface area contributed by atoms with Gasteiger partial charge in [0.1, 0.15) is 0 Å². The Morgan fingerprint density at radius 2 is 2.00 bits per heavy atom. The second-order valence-electron chi connectivity index (χ2n) is 6.98. The van der Waals surface area contributed by atoms with E-state index in [1.165, 1.54) is 30.5 Å². The summed E-state index contributed by atoms with van der Waals surface area (Å²) in [6.07, 6.45) is 6.29. The minimum absolute atomic E-state index is 0.0561. The summed E-state index contributed by atoms with van der Waals surface area (Å²) in [5.41, 5.74) is 4.35. The van der Waals surface area contributed by atoms with Crippen LogP contribution in [0.25, 0.3) is 10.9 Å². The molecule has 1 aromatic carbocycles. The molecular weight excluding hydrogens is 324 g/mol. The first-order valence-electron chi connectivity index (χ1n) is 8.67. The van der Waals surface area contributed by atoms with Gasteiger partial charge in [0, 0.05) is 28.2 Å². The number of aromatic amines is 1. The number of rotatable bonds is 2. The fourth-order valence-corrected chi connectivity index (χ4v) is 5.57. The minimum Gasteiger partial charge on any atom is -0.358 e. The second kappa shape index (κ2) is 5.92. The fraction of sp³-hybridized carbons (Fsp3) is 0.500. The molecule has 0 radical (unpaired) electrons. The molecule has 1 saturated heterocycles. The lowest BCUT2D eigenvalue weighted by Crippen LogP contribution is -2.35. The fourth-order valence-electron chi connectivity index (χ4n) is 3.90. The van der Waals surface area contributed by atoms with Gasteiger partial charge in [-0.25, -0.2) is 8.42 Å². The summed E-state index contributed by atoms with van der Waals surface area (Å²) in [7, 11) is -2.98. The van der Waals surface area contributed by atoms with Gasteiger partial charge >= 0.3 is 0 Å². The zero-order valence-electron chi connectivity index (χ0n) is 13.6. The molecule has 6 heteroatoms. The Morgan fingerprint density at radius 1 is 1.17 bits per heavy atom. The SMILES string of the molecule is O=C(NC1CCS(=O)(=O)C1)c1ccc2[nH]c3c(c2c1)CCCCC3. The zero-order chi connectivity index (χ0) is 16.7. The van der Waals surface area contributed by atoms with Crippen LogP contribution in [-0.4, -0.2) is 36.9 Å². The Balaban J connectivity index is 1.60. The molecule has 2 heterocycles. The van der Waals surface area contributed by atoms with Crippen molar-refractivity contribution in [2.24, 2.45) is 0 Å². The molecule has 4 rings (SSSR count). The van der Waals surface area contributed by atoms with Crippen LogP contribution in [0.3, 0.4) is 0 Å². The summed E-state index contributed by atoms with van der Waals surface area (Å²) >= 11 is 0. The molecule has 24 heavy (non-hydrogen) atoms. The van der Waals surface area contributed by atoms with E-state index in [1.807, 2.05) is 18.2 Å². The van der Waals surface area contributed by atoms with Crippen LogP contribution in [0.1, 0.15) is 47.3 Å². The monoisotopic (exact) mass is 346 g/mol. The third-order valence-corrected chi connectivity index (χ3v) is 6.95. The number of hydrogen-bond donors (Lipinski definition) is 2. The molecule has 1 aliphatic carbocycles. The van der Waals surface area contributed by atoms with E-state index in [1.54, 1.807) is 0 Å². The normalized spacial score (nSPS) is 22.9. The van der Waals surface area contributed by atoms with E-state index < -0.39 is 9.84 Å². The molecule has 128 valence electrons. The number of amides is 1. The first-order valence-corrected chi connectivity index (χ1v) is 10.5.